The van der Waals surface area contributed by atoms with Crippen LogP contribution in [0.3, 0.4) is 0 Å². The zero-order valence-corrected chi connectivity index (χ0v) is 19.8. The Labute approximate surface area is 193 Å². The third-order valence-electron chi connectivity index (χ3n) is 6.46. The Morgan fingerprint density at radius 2 is 1.30 bits per heavy atom. The van der Waals surface area contributed by atoms with Crippen LogP contribution >= 0.6 is 31.9 Å². The lowest BCUT2D eigenvalue weighted by Crippen LogP contribution is -2.63. The molecule has 1 saturated carbocycles. The first-order valence-electron chi connectivity index (χ1n) is 10.3. The molecule has 2 heterocycles. The summed E-state index contributed by atoms with van der Waals surface area (Å²) >= 11 is 7.05. The smallest absolute Gasteiger partial charge is 0.170 e. The van der Waals surface area contributed by atoms with Gasteiger partial charge in [0.25, 0.3) is 0 Å². The minimum atomic E-state index is -0.609. The number of ether oxygens (including phenoxy) is 2. The molecule has 5 rings (SSSR count). The number of carbonyl (C=O) groups excluding carboxylic acids is 1. The Morgan fingerprint density at radius 1 is 0.800 bits per heavy atom. The van der Waals surface area contributed by atoms with Crippen LogP contribution in [0.4, 0.5) is 11.4 Å². The zero-order chi connectivity index (χ0) is 20.8. The lowest BCUT2D eigenvalue weighted by Gasteiger charge is -2.52. The summed E-state index contributed by atoms with van der Waals surface area (Å²) in [6.07, 6.45) is 1.77. The van der Waals surface area contributed by atoms with Gasteiger partial charge in [-0.3, -0.25) is 4.79 Å². The minimum Gasteiger partial charge on any atom is -0.353 e. The van der Waals surface area contributed by atoms with E-state index in [2.05, 4.69) is 65.9 Å². The monoisotopic (exact) mass is 534 g/mol. The normalized spacial score (nSPS) is 22.8. The molecule has 158 valence electrons. The van der Waals surface area contributed by atoms with E-state index in [0.29, 0.717) is 51.3 Å². The van der Waals surface area contributed by atoms with Gasteiger partial charge in [-0.15, -0.1) is 0 Å². The Morgan fingerprint density at radius 3 is 1.80 bits per heavy atom. The van der Waals surface area contributed by atoms with Gasteiger partial charge >= 0.3 is 0 Å². The van der Waals surface area contributed by atoms with Crippen LogP contribution in [0, 0.1) is 5.41 Å². The molecule has 3 aliphatic rings. The van der Waals surface area contributed by atoms with Gasteiger partial charge < -0.3 is 19.3 Å². The van der Waals surface area contributed by atoms with Gasteiger partial charge in [-0.2, -0.15) is 0 Å². The molecule has 1 aliphatic carbocycles. The number of hydrogen-bond donors (Lipinski definition) is 0. The van der Waals surface area contributed by atoms with Crippen molar-refractivity contribution >= 4 is 49.0 Å². The van der Waals surface area contributed by atoms with E-state index in [1.165, 1.54) is 0 Å². The molecule has 2 aromatic rings. The van der Waals surface area contributed by atoms with Crippen molar-refractivity contribution in [2.24, 2.45) is 5.41 Å². The average Bonchev–Trinajstić information content (AvgIpc) is 3.20. The van der Waals surface area contributed by atoms with Crippen LogP contribution in [0.25, 0.3) is 0 Å². The summed E-state index contributed by atoms with van der Waals surface area (Å²) in [6.45, 7) is 3.30. The average molecular weight is 536 g/mol. The van der Waals surface area contributed by atoms with Gasteiger partial charge in [0.15, 0.2) is 5.79 Å². The maximum absolute atomic E-state index is 13.4. The zero-order valence-electron chi connectivity index (χ0n) is 16.7. The van der Waals surface area contributed by atoms with Crippen LogP contribution in [-0.4, -0.2) is 44.5 Å². The Kier molecular flexibility index (Phi) is 5.42. The fourth-order valence-electron chi connectivity index (χ4n) is 5.04. The molecule has 0 radical (unpaired) electrons. The van der Waals surface area contributed by atoms with E-state index >= 15 is 0 Å². The molecule has 5 nitrogen and oxygen atoms in total. The predicted octanol–water partition coefficient (Wildman–Crippen LogP) is 4.98. The number of benzene rings is 2. The quantitative estimate of drug-likeness (QED) is 0.542. The van der Waals surface area contributed by atoms with Crippen molar-refractivity contribution in [2.75, 3.05) is 42.8 Å². The number of Topliss-reactive ketones (excluding diaryl/α,β-unsaturated/α-hetero) is 1. The Balaban J connectivity index is 1.52. The van der Waals surface area contributed by atoms with E-state index < -0.39 is 11.2 Å². The summed E-state index contributed by atoms with van der Waals surface area (Å²) in [4.78, 5) is 18.0. The molecular formula is C23H24Br2N2O3. The highest BCUT2D eigenvalue weighted by atomic mass is 79.9. The van der Waals surface area contributed by atoms with Crippen LogP contribution in [-0.2, 0) is 14.3 Å². The molecule has 0 N–H and O–H groups in total. The van der Waals surface area contributed by atoms with Crippen molar-refractivity contribution in [3.63, 3.8) is 0 Å². The fourth-order valence-corrected chi connectivity index (χ4v) is 5.57. The molecular weight excluding hydrogens is 512 g/mol. The fraction of sp³-hybridized carbons (Fsp3) is 0.435. The SMILES string of the molecule is O=C1CCC2(CC13CN(c1ccc(Br)cc1)CN(c1ccc(Br)cc1)C3)OCCO2. The molecule has 0 unspecified atom stereocenters. The lowest BCUT2D eigenvalue weighted by molar-refractivity contribution is -0.201. The van der Waals surface area contributed by atoms with Crippen LogP contribution in [0.1, 0.15) is 19.3 Å². The third kappa shape index (κ3) is 3.81. The van der Waals surface area contributed by atoms with Crippen LogP contribution in [0.15, 0.2) is 57.5 Å². The number of hydrogen-bond acceptors (Lipinski definition) is 5. The first kappa shape index (κ1) is 20.5. The van der Waals surface area contributed by atoms with Crippen LogP contribution in [0.2, 0.25) is 0 Å². The number of carbonyl (C=O) groups is 1. The molecule has 2 aliphatic heterocycles. The van der Waals surface area contributed by atoms with Gasteiger partial charge in [-0.25, -0.2) is 0 Å². The van der Waals surface area contributed by atoms with Crippen LogP contribution in [0.5, 0.6) is 0 Å². The Hall–Kier alpha value is -1.41. The molecule has 7 heteroatoms. The minimum absolute atomic E-state index is 0.316. The van der Waals surface area contributed by atoms with E-state index in [1.807, 2.05) is 24.3 Å². The highest BCUT2D eigenvalue weighted by Gasteiger charge is 2.55. The molecule has 2 aromatic carbocycles. The maximum atomic E-state index is 13.4. The molecule has 0 bridgehead atoms. The second kappa shape index (κ2) is 7.93. The topological polar surface area (TPSA) is 42.0 Å². The number of rotatable bonds is 2. The second-order valence-electron chi connectivity index (χ2n) is 8.48. The molecule has 3 fully saturated rings. The van der Waals surface area contributed by atoms with Crippen molar-refractivity contribution in [3.8, 4) is 0 Å². The van der Waals surface area contributed by atoms with E-state index in [0.717, 1.165) is 27.0 Å². The summed E-state index contributed by atoms with van der Waals surface area (Å²) in [5.41, 5.74) is 1.70. The first-order chi connectivity index (χ1) is 14.5. The van der Waals surface area contributed by atoms with Gasteiger partial charge in [-0.05, 0) is 48.5 Å². The van der Waals surface area contributed by atoms with Gasteiger partial charge in [-0.1, -0.05) is 31.9 Å². The Bertz CT molecular complexity index is 873. The molecule has 0 aromatic heterocycles. The molecule has 2 spiro atoms. The van der Waals surface area contributed by atoms with E-state index in [-0.39, 0.29) is 0 Å². The molecule has 2 saturated heterocycles. The van der Waals surface area contributed by atoms with E-state index in [9.17, 15) is 4.79 Å². The highest BCUT2D eigenvalue weighted by Crippen LogP contribution is 2.47. The van der Waals surface area contributed by atoms with Crippen molar-refractivity contribution in [1.82, 2.24) is 0 Å². The lowest BCUT2D eigenvalue weighted by atomic mass is 9.68. The second-order valence-corrected chi connectivity index (χ2v) is 10.3. The van der Waals surface area contributed by atoms with Crippen LogP contribution < -0.4 is 9.80 Å². The number of nitrogens with zero attached hydrogens (tertiary/aromatic N) is 2. The summed E-state index contributed by atoms with van der Waals surface area (Å²) in [6, 6.07) is 16.6. The standard InChI is InChI=1S/C23H24Br2N2O3/c24-17-1-5-19(6-2-17)26-14-22(13-23(10-9-21(22)28)29-11-12-30-23)15-27(16-26)20-7-3-18(25)4-8-20/h1-8H,9-16H2. The summed E-state index contributed by atoms with van der Waals surface area (Å²) in [5, 5.41) is 0. The highest BCUT2D eigenvalue weighted by molar-refractivity contribution is 9.10. The van der Waals surface area contributed by atoms with E-state index in [4.69, 9.17) is 9.47 Å². The number of ketones is 1. The molecule has 0 atom stereocenters. The van der Waals surface area contributed by atoms with E-state index in [1.54, 1.807) is 0 Å². The van der Waals surface area contributed by atoms with Gasteiger partial charge in [0.2, 0.25) is 0 Å². The largest absolute Gasteiger partial charge is 0.353 e. The van der Waals surface area contributed by atoms with Gasteiger partial charge in [0.1, 0.15) is 5.78 Å². The number of anilines is 2. The summed E-state index contributed by atoms with van der Waals surface area (Å²) in [7, 11) is 0. The van der Waals surface area contributed by atoms with Crippen molar-refractivity contribution in [1.29, 1.82) is 0 Å². The maximum Gasteiger partial charge on any atom is 0.170 e. The van der Waals surface area contributed by atoms with Crippen molar-refractivity contribution in [2.45, 2.75) is 25.0 Å². The third-order valence-corrected chi connectivity index (χ3v) is 7.52. The van der Waals surface area contributed by atoms with Crippen molar-refractivity contribution < 1.29 is 14.3 Å². The predicted molar refractivity (Wildman–Crippen MR) is 124 cm³/mol. The molecule has 0 amide bonds. The van der Waals surface area contributed by atoms with Gasteiger partial charge in [0, 0.05) is 52.7 Å². The summed E-state index contributed by atoms with van der Waals surface area (Å²) < 4.78 is 14.2. The first-order valence-corrected chi connectivity index (χ1v) is 11.9. The summed E-state index contributed by atoms with van der Waals surface area (Å²) in [5.74, 6) is -0.293. The number of halogens is 2. The van der Waals surface area contributed by atoms with Gasteiger partial charge in [0.05, 0.1) is 25.3 Å². The molecule has 30 heavy (non-hydrogen) atoms. The van der Waals surface area contributed by atoms with Crippen molar-refractivity contribution in [3.05, 3.63) is 57.5 Å².